The van der Waals surface area contributed by atoms with E-state index in [-0.39, 0.29) is 0 Å². The van der Waals surface area contributed by atoms with Crippen molar-refractivity contribution in [1.29, 1.82) is 5.39 Å². The van der Waals surface area contributed by atoms with Crippen LogP contribution in [-0.4, -0.2) is 6.08 Å². The molecule has 0 amide bonds. The highest BCUT2D eigenvalue weighted by atomic mass is 16.1. The molecule has 5 heavy (non-hydrogen) atoms. The lowest BCUT2D eigenvalue weighted by atomic mass is 11.7. The lowest BCUT2D eigenvalue weighted by Crippen LogP contribution is -2.11. The van der Waals surface area contributed by atoms with Crippen molar-refractivity contribution in [3.05, 3.63) is 5.41 Å². The van der Waals surface area contributed by atoms with Crippen molar-refractivity contribution in [2.24, 2.45) is 0 Å². The fourth-order valence-corrected chi connectivity index (χ4v) is 0. The lowest BCUT2D eigenvalue weighted by Gasteiger charge is -1.32. The van der Waals surface area contributed by atoms with Crippen LogP contribution < -0.4 is 5.39 Å². The molecule has 0 aromatic rings. The standard InChI is InChI=1S/CNO.N2/c2-1-3;1-2/q-1;/p+1. The second-order valence-electron chi connectivity index (χ2n) is 0.0913. The van der Waals surface area contributed by atoms with Gasteiger partial charge in [0.05, 0.1) is 5.39 Å². The Balaban J connectivity index is 0. The fourth-order valence-electron chi connectivity index (χ4n) is 0. The molecule has 1 N–H and O–H groups in total. The smallest absolute Gasteiger partial charge is 0.212 e. The Kier molecular flexibility index (Phi) is 417. The number of diazo groups is 1. The summed E-state index contributed by atoms with van der Waals surface area (Å²) in [6.07, 6.45) is 0.500. The number of rotatable bonds is 0. The van der Waals surface area contributed by atoms with E-state index < -0.39 is 0 Å². The first-order chi connectivity index (χ1) is 2.41. The van der Waals surface area contributed by atoms with E-state index in [1.165, 1.54) is 0 Å². The first kappa shape index (κ1) is 9.20. The SMILES string of the molecule is N#[NH+].[N-]=C=O. The van der Waals surface area contributed by atoms with Crippen LogP contribution in [0.25, 0.3) is 5.41 Å². The normalized spacial score (nSPS) is 2.00. The Morgan fingerprint density at radius 1 is 1.80 bits per heavy atom. The van der Waals surface area contributed by atoms with Crippen LogP contribution in [0.15, 0.2) is 0 Å². The maximum atomic E-state index is 8.24. The molecule has 0 radical (unpaired) electrons. The summed E-state index contributed by atoms with van der Waals surface area (Å²) in [6, 6.07) is 0. The molecule has 0 bridgehead atoms. The largest absolute Gasteiger partial charge is 0.724 e. The van der Waals surface area contributed by atoms with Crippen LogP contribution in [0.5, 0.6) is 0 Å². The van der Waals surface area contributed by atoms with E-state index in [0.717, 1.165) is 0 Å². The van der Waals surface area contributed by atoms with Gasteiger partial charge in [0.2, 0.25) is 5.39 Å². The highest BCUT2D eigenvalue weighted by Gasteiger charge is 0.791. The zero-order valence-electron chi connectivity index (χ0n) is 2.30. The number of hydrogen-bond acceptors (Lipinski definition) is 2. The van der Waals surface area contributed by atoms with E-state index in [9.17, 15) is 0 Å². The lowest BCUT2D eigenvalue weighted by molar-refractivity contribution is -0.175. The third kappa shape index (κ3) is 1.24. The summed E-state index contributed by atoms with van der Waals surface area (Å²) >= 11 is 0. The van der Waals surface area contributed by atoms with Crippen LogP contribution in [0, 0.1) is 5.39 Å². The maximum Gasteiger partial charge on any atom is 0.212 e. The fraction of sp³-hybridized carbons (Fsp3) is 0. The predicted molar refractivity (Wildman–Crippen MR) is 11.7 cm³/mol. The second kappa shape index (κ2) is 227. The summed E-state index contributed by atoms with van der Waals surface area (Å²) in [5.74, 6) is 0. The van der Waals surface area contributed by atoms with Crippen LogP contribution in [0.1, 0.15) is 0 Å². The number of nitrogens with zero attached hydrogens (tertiary/aromatic N) is 2. The Bertz CT molecular complexity index is 49.2. The maximum absolute atomic E-state index is 8.24. The van der Waals surface area contributed by atoms with Gasteiger partial charge in [-0.15, -0.1) is 0 Å². The second-order valence-corrected chi connectivity index (χ2v) is 0.0913. The zero-order chi connectivity index (χ0) is 4.71. The molecule has 4 nitrogen and oxygen atoms in total. The molecule has 0 atom stereocenters. The molecule has 0 aromatic carbocycles. The summed E-state index contributed by atoms with van der Waals surface area (Å²) in [4.78, 5) is 8.24. The van der Waals surface area contributed by atoms with E-state index in [2.05, 4.69) is 0 Å². The van der Waals surface area contributed by atoms with Crippen molar-refractivity contribution in [2.45, 2.75) is 0 Å². The number of hydrogen-bond donors (Lipinski definition) is 1. The Morgan fingerprint density at radius 3 is 1.80 bits per heavy atom. The highest BCUT2D eigenvalue weighted by Crippen LogP contribution is 0.949. The van der Waals surface area contributed by atoms with Gasteiger partial charge in [-0.25, -0.2) is 0 Å². The first-order valence-electron chi connectivity index (χ1n) is 0.651. The molecule has 0 aliphatic heterocycles. The molecule has 0 saturated carbocycles. The van der Waals surface area contributed by atoms with Crippen LogP contribution in [0.4, 0.5) is 0 Å². The molecule has 0 saturated heterocycles. The molecular weight excluding hydrogens is 70.0 g/mol. The molecule has 0 fully saturated rings. The number of carbonyl (C=O) groups excluding carboxylic acids is 1. The van der Waals surface area contributed by atoms with E-state index in [4.69, 9.17) is 21.0 Å². The molecule has 26 valence electrons. The summed E-state index contributed by atoms with van der Waals surface area (Å²) < 4.78 is 0. The van der Waals surface area contributed by atoms with E-state index in [1.54, 1.807) is 0 Å². The number of nitrogens with one attached hydrogen (secondary N) is 1. The summed E-state index contributed by atoms with van der Waals surface area (Å²) in [5, 5.41) is 17.8. The minimum Gasteiger partial charge on any atom is -0.724 e. The Hall–Kier alpha value is -1.20. The van der Waals surface area contributed by atoms with Gasteiger partial charge in [-0.05, 0) is 6.08 Å². The molecule has 0 spiro atoms. The van der Waals surface area contributed by atoms with Gasteiger partial charge in [0.25, 0.3) is 0 Å². The van der Waals surface area contributed by atoms with Crippen LogP contribution in [0.2, 0.25) is 0 Å². The van der Waals surface area contributed by atoms with E-state index >= 15 is 0 Å². The van der Waals surface area contributed by atoms with E-state index in [1.807, 2.05) is 0 Å². The molecule has 0 aromatic heterocycles. The van der Waals surface area contributed by atoms with Crippen molar-refractivity contribution in [1.82, 2.24) is 0 Å². The van der Waals surface area contributed by atoms with Crippen LogP contribution in [-0.2, 0) is 4.79 Å². The zero-order valence-corrected chi connectivity index (χ0v) is 2.30. The van der Waals surface area contributed by atoms with E-state index in [0.29, 0.717) is 6.08 Å². The van der Waals surface area contributed by atoms with Gasteiger partial charge >= 0.3 is 0 Å². The van der Waals surface area contributed by atoms with Crippen LogP contribution in [0.3, 0.4) is 0 Å². The highest BCUT2D eigenvalue weighted by molar-refractivity contribution is 5.36. The molecule has 0 unspecified atom stereocenters. The van der Waals surface area contributed by atoms with Gasteiger partial charge in [0.1, 0.15) is 0 Å². The molecule has 0 aliphatic rings. The van der Waals surface area contributed by atoms with Gasteiger partial charge in [-0.1, -0.05) is 0 Å². The van der Waals surface area contributed by atoms with Gasteiger partial charge in [0.15, 0.2) is 0 Å². The first-order valence-corrected chi connectivity index (χ1v) is 0.651. The van der Waals surface area contributed by atoms with Gasteiger partial charge in [-0.3, -0.25) is 4.79 Å². The van der Waals surface area contributed by atoms with Crippen molar-refractivity contribution in [3.63, 3.8) is 0 Å². The average Bonchev–Trinajstić information content (AvgIpc) is 1.46. The summed E-state index contributed by atoms with van der Waals surface area (Å²) in [7, 11) is 0. The topological polar surface area (TPSA) is 87.0 Å². The third-order valence-electron chi connectivity index (χ3n) is 0. The summed E-state index contributed by atoms with van der Waals surface area (Å²) in [5.41, 5.74) is 0. The Labute approximate surface area is 28.3 Å². The molecule has 0 heterocycles. The average molecular weight is 71.0 g/mol. The minimum absolute atomic E-state index is 0.500. The molecule has 0 rings (SSSR count). The Morgan fingerprint density at radius 2 is 1.80 bits per heavy atom. The van der Waals surface area contributed by atoms with Crippen molar-refractivity contribution in [3.8, 4) is 0 Å². The van der Waals surface area contributed by atoms with Crippen molar-refractivity contribution < 1.29 is 10.2 Å². The summed E-state index contributed by atoms with van der Waals surface area (Å²) in [6.45, 7) is 0. The van der Waals surface area contributed by atoms with Gasteiger partial charge < -0.3 is 5.41 Å². The van der Waals surface area contributed by atoms with Crippen molar-refractivity contribution >= 4 is 6.08 Å². The molecule has 4 heteroatoms. The minimum atomic E-state index is 0.500. The van der Waals surface area contributed by atoms with Crippen molar-refractivity contribution in [2.75, 3.05) is 0 Å². The van der Waals surface area contributed by atoms with Gasteiger partial charge in [0, 0.05) is 0 Å². The molecule has 0 aliphatic carbocycles. The van der Waals surface area contributed by atoms with Gasteiger partial charge in [-0.2, -0.15) is 0 Å². The quantitative estimate of drug-likeness (QED) is 0.207. The molecular formula is CHN3O. The predicted octanol–water partition coefficient (Wildman–Crippen LogP) is -1.83. The van der Waals surface area contributed by atoms with Crippen LogP contribution >= 0.6 is 0 Å². The number of isocyanates is 1. The third-order valence-corrected chi connectivity index (χ3v) is 0. The monoisotopic (exact) mass is 71.0 g/mol.